The summed E-state index contributed by atoms with van der Waals surface area (Å²) in [5.41, 5.74) is 5.75. The molecule has 3 aliphatic rings. The quantitative estimate of drug-likeness (QED) is 0.768. The maximum absolute atomic E-state index is 12.3. The molecule has 26 heavy (non-hydrogen) atoms. The van der Waals surface area contributed by atoms with Crippen LogP contribution in [0.15, 0.2) is 18.3 Å². The molecule has 2 aliphatic carbocycles. The topological polar surface area (TPSA) is 115 Å². The van der Waals surface area contributed by atoms with Crippen molar-refractivity contribution in [2.24, 2.45) is 11.1 Å². The Morgan fingerprint density at radius 2 is 2.12 bits per heavy atom. The number of nitrogens with one attached hydrogen (secondary N) is 1. The fourth-order valence-electron chi connectivity index (χ4n) is 4.45. The minimum Gasteiger partial charge on any atom is -0.474 e. The lowest BCUT2D eigenvalue weighted by molar-refractivity contribution is -0.140. The fraction of sp³-hybridized carbons (Fsp3) is 0.556. The molecular weight excluding hydrogens is 336 g/mol. The first-order valence-corrected chi connectivity index (χ1v) is 8.97. The van der Waals surface area contributed by atoms with Crippen LogP contribution in [-0.2, 0) is 4.79 Å². The molecule has 4 rings (SSSR count). The molecule has 138 valence electrons. The number of pyridine rings is 1. The zero-order valence-corrected chi connectivity index (χ0v) is 14.6. The number of nitrogens with two attached hydrogens (primary N) is 1. The van der Waals surface area contributed by atoms with E-state index < -0.39 is 5.91 Å². The van der Waals surface area contributed by atoms with E-state index in [1.54, 1.807) is 18.3 Å². The first-order valence-electron chi connectivity index (χ1n) is 8.97. The van der Waals surface area contributed by atoms with Gasteiger partial charge >= 0.3 is 6.03 Å². The highest BCUT2D eigenvalue weighted by Crippen LogP contribution is 2.58. The van der Waals surface area contributed by atoms with Gasteiger partial charge in [-0.1, -0.05) is 6.92 Å². The summed E-state index contributed by atoms with van der Waals surface area (Å²) in [5, 5.41) is 2.73. The Morgan fingerprint density at radius 1 is 1.38 bits per heavy atom. The summed E-state index contributed by atoms with van der Waals surface area (Å²) < 4.78 is 5.84. The van der Waals surface area contributed by atoms with Crippen LogP contribution in [0.25, 0.3) is 0 Å². The van der Waals surface area contributed by atoms with Crippen molar-refractivity contribution in [2.75, 3.05) is 0 Å². The van der Waals surface area contributed by atoms with Gasteiger partial charge in [0.25, 0.3) is 11.8 Å². The molecule has 0 aromatic carbocycles. The number of hydrogen-bond acceptors (Lipinski definition) is 5. The van der Waals surface area contributed by atoms with Gasteiger partial charge in [-0.3, -0.25) is 14.5 Å². The van der Waals surface area contributed by atoms with E-state index in [2.05, 4.69) is 10.3 Å². The van der Waals surface area contributed by atoms with Crippen LogP contribution < -0.4 is 15.8 Å². The molecule has 1 spiro atoms. The number of primary amides is 1. The molecule has 0 unspecified atom stereocenters. The van der Waals surface area contributed by atoms with Gasteiger partial charge in [0.2, 0.25) is 5.88 Å². The number of nitrogens with zero attached hydrogens (tertiary/aromatic N) is 2. The molecule has 0 radical (unpaired) electrons. The van der Waals surface area contributed by atoms with Crippen molar-refractivity contribution >= 4 is 17.8 Å². The maximum atomic E-state index is 12.3. The fourth-order valence-corrected chi connectivity index (χ4v) is 4.45. The van der Waals surface area contributed by atoms with Gasteiger partial charge in [0.05, 0.1) is 0 Å². The van der Waals surface area contributed by atoms with Gasteiger partial charge in [-0.25, -0.2) is 9.78 Å². The van der Waals surface area contributed by atoms with Crippen LogP contribution in [-0.4, -0.2) is 45.9 Å². The Hall–Kier alpha value is -2.64. The van der Waals surface area contributed by atoms with E-state index in [1.807, 2.05) is 6.92 Å². The van der Waals surface area contributed by atoms with Crippen LogP contribution in [0.1, 0.15) is 49.4 Å². The Labute approximate surface area is 151 Å². The molecule has 2 heterocycles. The number of hydrogen-bond donors (Lipinski definition) is 2. The van der Waals surface area contributed by atoms with Crippen molar-refractivity contribution in [3.63, 3.8) is 0 Å². The second-order valence-corrected chi connectivity index (χ2v) is 7.55. The lowest BCUT2D eigenvalue weighted by Crippen LogP contribution is -2.60. The van der Waals surface area contributed by atoms with Crippen LogP contribution in [0.5, 0.6) is 5.88 Å². The number of aromatic nitrogens is 1. The maximum Gasteiger partial charge on any atom is 0.325 e. The Morgan fingerprint density at radius 3 is 2.73 bits per heavy atom. The zero-order valence-electron chi connectivity index (χ0n) is 14.6. The highest BCUT2D eigenvalue weighted by molar-refractivity contribution is 6.04. The Balaban J connectivity index is 1.32. The van der Waals surface area contributed by atoms with Crippen LogP contribution >= 0.6 is 0 Å². The van der Waals surface area contributed by atoms with Gasteiger partial charge < -0.3 is 15.8 Å². The third kappa shape index (κ3) is 2.60. The van der Waals surface area contributed by atoms with Crippen LogP contribution in [0, 0.1) is 5.41 Å². The molecule has 2 saturated carbocycles. The number of carbonyl (C=O) groups is 3. The van der Waals surface area contributed by atoms with Crippen LogP contribution in [0.4, 0.5) is 4.79 Å². The highest BCUT2D eigenvalue weighted by Gasteiger charge is 2.58. The van der Waals surface area contributed by atoms with Gasteiger partial charge in [0.15, 0.2) is 0 Å². The molecule has 1 aliphatic heterocycles. The standard InChI is InChI=1S/C18H22N4O4/c1-2-13-16(24)22(17(25)21-13)10-6-18(7-10)8-11(9-18)26-15-12(14(19)23)4-3-5-20-15/h3-5,10-11,13H,2,6-9H2,1H3,(H2,19,23)(H,21,25)/t10-,11-,13-,18?/m0/s1. The van der Waals surface area contributed by atoms with E-state index in [0.29, 0.717) is 6.42 Å². The zero-order chi connectivity index (χ0) is 18.5. The molecule has 3 N–H and O–H groups in total. The molecule has 1 aromatic rings. The SMILES string of the molecule is CC[C@@H]1NC(=O)N([C@H]2CC3(C[C@H](Oc4ncccc4C(N)=O)C3)C2)C1=O. The summed E-state index contributed by atoms with van der Waals surface area (Å²) in [4.78, 5) is 41.2. The molecule has 1 saturated heterocycles. The predicted molar refractivity (Wildman–Crippen MR) is 91.3 cm³/mol. The van der Waals surface area contributed by atoms with Crippen molar-refractivity contribution in [1.29, 1.82) is 0 Å². The molecule has 8 nitrogen and oxygen atoms in total. The lowest BCUT2D eigenvalue weighted by atomic mass is 9.52. The van der Waals surface area contributed by atoms with E-state index in [9.17, 15) is 14.4 Å². The third-order valence-corrected chi connectivity index (χ3v) is 5.80. The largest absolute Gasteiger partial charge is 0.474 e. The van der Waals surface area contributed by atoms with Crippen molar-refractivity contribution in [3.8, 4) is 5.88 Å². The number of ether oxygens (including phenoxy) is 1. The average molecular weight is 358 g/mol. The van der Waals surface area contributed by atoms with E-state index in [-0.39, 0.29) is 47.0 Å². The van der Waals surface area contributed by atoms with Crippen molar-refractivity contribution in [2.45, 2.75) is 57.2 Å². The van der Waals surface area contributed by atoms with Gasteiger partial charge in [0, 0.05) is 12.2 Å². The molecule has 3 fully saturated rings. The number of urea groups is 1. The minimum atomic E-state index is -0.560. The number of carbonyl (C=O) groups excluding carboxylic acids is 3. The summed E-state index contributed by atoms with van der Waals surface area (Å²) in [6, 6.07) is 2.57. The van der Waals surface area contributed by atoms with E-state index in [4.69, 9.17) is 10.5 Å². The molecule has 0 bridgehead atoms. The average Bonchev–Trinajstić information content (AvgIpc) is 2.83. The number of amides is 4. The van der Waals surface area contributed by atoms with E-state index in [0.717, 1.165) is 25.7 Å². The Bertz CT molecular complexity index is 766. The molecular formula is C18H22N4O4. The van der Waals surface area contributed by atoms with E-state index >= 15 is 0 Å². The van der Waals surface area contributed by atoms with Crippen molar-refractivity contribution < 1.29 is 19.1 Å². The Kier molecular flexibility index (Phi) is 3.86. The summed E-state index contributed by atoms with van der Waals surface area (Å²) >= 11 is 0. The van der Waals surface area contributed by atoms with Crippen LogP contribution in [0.2, 0.25) is 0 Å². The number of rotatable bonds is 5. The first-order chi connectivity index (χ1) is 12.4. The lowest BCUT2D eigenvalue weighted by Gasteiger charge is -2.58. The molecule has 8 heteroatoms. The first kappa shape index (κ1) is 16.8. The molecule has 1 aromatic heterocycles. The highest BCUT2D eigenvalue weighted by atomic mass is 16.5. The monoisotopic (exact) mass is 358 g/mol. The summed E-state index contributed by atoms with van der Waals surface area (Å²) in [5.74, 6) is -0.394. The van der Waals surface area contributed by atoms with Crippen LogP contribution in [0.3, 0.4) is 0 Å². The van der Waals surface area contributed by atoms with Gasteiger partial charge in [0.1, 0.15) is 17.7 Å². The van der Waals surface area contributed by atoms with Crippen molar-refractivity contribution in [3.05, 3.63) is 23.9 Å². The summed E-state index contributed by atoms with van der Waals surface area (Å²) in [7, 11) is 0. The summed E-state index contributed by atoms with van der Waals surface area (Å²) in [6.45, 7) is 1.89. The van der Waals surface area contributed by atoms with Gasteiger partial charge in [-0.2, -0.15) is 0 Å². The van der Waals surface area contributed by atoms with Crippen molar-refractivity contribution in [1.82, 2.24) is 15.2 Å². The van der Waals surface area contributed by atoms with Gasteiger partial charge in [-0.15, -0.1) is 0 Å². The predicted octanol–water partition coefficient (Wildman–Crippen LogP) is 1.20. The molecule has 4 amide bonds. The summed E-state index contributed by atoms with van der Waals surface area (Å²) in [6.07, 6.45) is 5.45. The number of imide groups is 1. The second-order valence-electron chi connectivity index (χ2n) is 7.55. The minimum absolute atomic E-state index is 0.0176. The third-order valence-electron chi connectivity index (χ3n) is 5.80. The second kappa shape index (κ2) is 5.96. The molecule has 1 atom stereocenters. The smallest absolute Gasteiger partial charge is 0.325 e. The van der Waals surface area contributed by atoms with Gasteiger partial charge in [-0.05, 0) is 49.7 Å². The van der Waals surface area contributed by atoms with E-state index in [1.165, 1.54) is 4.90 Å². The normalized spacial score (nSPS) is 32.8.